The van der Waals surface area contributed by atoms with Gasteiger partial charge in [0.15, 0.2) is 0 Å². The number of fused-ring (bicyclic) bond motifs is 2. The van der Waals surface area contributed by atoms with Gasteiger partial charge in [-0.2, -0.15) is 0 Å². The van der Waals surface area contributed by atoms with Gasteiger partial charge in [-0.3, -0.25) is 9.97 Å². The highest BCUT2D eigenvalue weighted by Crippen LogP contribution is 2.54. The van der Waals surface area contributed by atoms with Crippen molar-refractivity contribution in [3.63, 3.8) is 0 Å². The quantitative estimate of drug-likeness (QED) is 0.428. The normalized spacial score (nSPS) is 19.1. The van der Waals surface area contributed by atoms with Gasteiger partial charge in [-0.15, -0.1) is 0 Å². The second kappa shape index (κ2) is 5.69. The zero-order valence-corrected chi connectivity index (χ0v) is 17.8. The molecule has 0 bridgehead atoms. The van der Waals surface area contributed by atoms with Crippen LogP contribution in [0.2, 0.25) is 0 Å². The van der Waals surface area contributed by atoms with Crippen LogP contribution in [0.1, 0.15) is 63.7 Å². The van der Waals surface area contributed by atoms with Crippen molar-refractivity contribution >= 4 is 21.9 Å². The maximum Gasteiger partial charge on any atom is 0.136 e. The van der Waals surface area contributed by atoms with Crippen molar-refractivity contribution in [3.05, 3.63) is 57.5 Å². The molecule has 1 aliphatic rings. The molecule has 1 aromatic carbocycles. The summed E-state index contributed by atoms with van der Waals surface area (Å²) in [6, 6.07) is 4.99. The van der Waals surface area contributed by atoms with Crippen LogP contribution in [0.4, 0.5) is 0 Å². The minimum atomic E-state index is 0.441. The predicted molar refractivity (Wildman–Crippen MR) is 113 cm³/mol. The van der Waals surface area contributed by atoms with Gasteiger partial charge in [0.2, 0.25) is 0 Å². The zero-order chi connectivity index (χ0) is 19.9. The Morgan fingerprint density at radius 2 is 1.57 bits per heavy atom. The molecule has 0 spiro atoms. The summed E-state index contributed by atoms with van der Waals surface area (Å²) in [5, 5.41) is 2.57. The highest BCUT2D eigenvalue weighted by molar-refractivity contribution is 5.99. The summed E-state index contributed by atoms with van der Waals surface area (Å²) in [6.07, 6.45) is 1.12. The number of rotatable bonds is 2. The van der Waals surface area contributed by atoms with Crippen LogP contribution in [0, 0.1) is 48.5 Å². The Bertz CT molecular complexity index is 1270. The van der Waals surface area contributed by atoms with Gasteiger partial charge in [0, 0.05) is 34.5 Å². The molecule has 0 radical (unpaired) electrons. The maximum absolute atomic E-state index is 6.03. The molecule has 4 heteroatoms. The van der Waals surface area contributed by atoms with Crippen molar-refractivity contribution in [2.45, 2.75) is 66.8 Å². The molecule has 1 fully saturated rings. The lowest BCUT2D eigenvalue weighted by molar-refractivity contribution is 0.575. The number of benzene rings is 1. The van der Waals surface area contributed by atoms with Crippen LogP contribution in [-0.2, 0) is 0 Å². The molecular formula is C24H27N3O. The summed E-state index contributed by atoms with van der Waals surface area (Å²) < 4.78 is 8.55. The number of nitrogens with zero attached hydrogens (tertiary/aromatic N) is 3. The minimum Gasteiger partial charge on any atom is -0.461 e. The van der Waals surface area contributed by atoms with Crippen molar-refractivity contribution < 1.29 is 4.42 Å². The molecule has 2 unspecified atom stereocenters. The Morgan fingerprint density at radius 1 is 0.857 bits per heavy atom. The SMILES string of the molecule is Cc1nc(C)c(C2CC2n2c(C)c(C)c3cc4c(C)c(C)oc4cc32)nc1C. The Hall–Kier alpha value is -2.62. The van der Waals surface area contributed by atoms with Crippen molar-refractivity contribution in [1.29, 1.82) is 0 Å². The van der Waals surface area contributed by atoms with Crippen LogP contribution in [0.3, 0.4) is 0 Å². The smallest absolute Gasteiger partial charge is 0.136 e. The Labute approximate surface area is 165 Å². The van der Waals surface area contributed by atoms with E-state index in [1.807, 2.05) is 13.8 Å². The molecule has 1 saturated carbocycles. The molecule has 0 aliphatic heterocycles. The fourth-order valence-corrected chi connectivity index (χ4v) is 4.71. The van der Waals surface area contributed by atoms with Crippen molar-refractivity contribution in [3.8, 4) is 0 Å². The fraction of sp³-hybridized carbons (Fsp3) is 0.417. The predicted octanol–water partition coefficient (Wildman–Crippen LogP) is 6.07. The van der Waals surface area contributed by atoms with Crippen LogP contribution < -0.4 is 0 Å². The second-order valence-corrected chi connectivity index (χ2v) is 8.50. The minimum absolute atomic E-state index is 0.441. The first-order chi connectivity index (χ1) is 13.3. The van der Waals surface area contributed by atoms with Gasteiger partial charge in [-0.25, -0.2) is 0 Å². The summed E-state index contributed by atoms with van der Waals surface area (Å²) in [4.78, 5) is 9.62. The summed E-state index contributed by atoms with van der Waals surface area (Å²) in [7, 11) is 0. The number of hydrogen-bond acceptors (Lipinski definition) is 3. The summed E-state index contributed by atoms with van der Waals surface area (Å²) >= 11 is 0. The summed E-state index contributed by atoms with van der Waals surface area (Å²) in [6.45, 7) is 14.9. The van der Waals surface area contributed by atoms with E-state index >= 15 is 0 Å². The monoisotopic (exact) mass is 373 g/mol. The second-order valence-electron chi connectivity index (χ2n) is 8.50. The van der Waals surface area contributed by atoms with Crippen LogP contribution in [-0.4, -0.2) is 14.5 Å². The molecule has 3 aromatic heterocycles. The van der Waals surface area contributed by atoms with Gasteiger partial charge in [-0.1, -0.05) is 0 Å². The molecule has 3 heterocycles. The highest BCUT2D eigenvalue weighted by Gasteiger charge is 2.43. The molecule has 144 valence electrons. The average molecular weight is 374 g/mol. The van der Waals surface area contributed by atoms with E-state index < -0.39 is 0 Å². The molecule has 1 aliphatic carbocycles. The molecule has 4 nitrogen and oxygen atoms in total. The first-order valence-corrected chi connectivity index (χ1v) is 10.1. The largest absolute Gasteiger partial charge is 0.461 e. The molecular weight excluding hydrogens is 346 g/mol. The topological polar surface area (TPSA) is 43.9 Å². The first-order valence-electron chi connectivity index (χ1n) is 10.1. The van der Waals surface area contributed by atoms with Crippen molar-refractivity contribution in [2.75, 3.05) is 0 Å². The molecule has 0 saturated heterocycles. The third-order valence-electron chi connectivity index (χ3n) is 6.82. The molecule has 4 aromatic rings. The van der Waals surface area contributed by atoms with Gasteiger partial charge in [0.25, 0.3) is 0 Å². The Morgan fingerprint density at radius 3 is 2.32 bits per heavy atom. The lowest BCUT2D eigenvalue weighted by Gasteiger charge is -2.11. The number of aromatic nitrogens is 3. The fourth-order valence-electron chi connectivity index (χ4n) is 4.71. The molecule has 5 rings (SSSR count). The van der Waals surface area contributed by atoms with Crippen molar-refractivity contribution in [2.24, 2.45) is 0 Å². The van der Waals surface area contributed by atoms with Crippen LogP contribution in [0.15, 0.2) is 16.5 Å². The van der Waals surface area contributed by atoms with Gasteiger partial charge in [-0.05, 0) is 72.1 Å². The van der Waals surface area contributed by atoms with Gasteiger partial charge < -0.3 is 8.98 Å². The number of aryl methyl sites for hydroxylation is 6. The summed E-state index contributed by atoms with van der Waals surface area (Å²) in [5.41, 5.74) is 10.5. The van der Waals surface area contributed by atoms with E-state index in [1.54, 1.807) is 0 Å². The number of furan rings is 1. The zero-order valence-electron chi connectivity index (χ0n) is 17.8. The molecule has 0 amide bonds. The van der Waals surface area contributed by atoms with Crippen LogP contribution >= 0.6 is 0 Å². The average Bonchev–Trinajstić information content (AvgIpc) is 3.32. The first kappa shape index (κ1) is 17.5. The van der Waals surface area contributed by atoms with Gasteiger partial charge in [0.1, 0.15) is 11.3 Å². The lowest BCUT2D eigenvalue weighted by Crippen LogP contribution is -2.04. The van der Waals surface area contributed by atoms with Crippen LogP contribution in [0.5, 0.6) is 0 Å². The van der Waals surface area contributed by atoms with Crippen LogP contribution in [0.25, 0.3) is 21.9 Å². The number of hydrogen-bond donors (Lipinski definition) is 0. The molecule has 0 N–H and O–H groups in total. The van der Waals surface area contributed by atoms with E-state index in [0.717, 1.165) is 40.5 Å². The standard InChI is InChI=1S/C24H27N3O/c1-11-16(6)27(21-9-20(21)24-15(5)25-13(3)14(4)26-24)22-10-23-19(8-18(11)22)12(2)17(7)28-23/h8,10,20-21H,9H2,1-7H3. The van der Waals surface area contributed by atoms with E-state index in [4.69, 9.17) is 14.4 Å². The third-order valence-corrected chi connectivity index (χ3v) is 6.82. The van der Waals surface area contributed by atoms with E-state index in [-0.39, 0.29) is 0 Å². The van der Waals surface area contributed by atoms with E-state index in [1.165, 1.54) is 33.1 Å². The molecule has 28 heavy (non-hydrogen) atoms. The van der Waals surface area contributed by atoms with Gasteiger partial charge >= 0.3 is 0 Å². The van der Waals surface area contributed by atoms with Crippen molar-refractivity contribution in [1.82, 2.24) is 14.5 Å². The lowest BCUT2D eigenvalue weighted by atomic mass is 10.1. The Kier molecular flexibility index (Phi) is 3.55. The Balaban J connectivity index is 1.66. The maximum atomic E-state index is 6.03. The highest BCUT2D eigenvalue weighted by atomic mass is 16.3. The summed E-state index contributed by atoms with van der Waals surface area (Å²) in [5.74, 6) is 1.45. The van der Waals surface area contributed by atoms with E-state index in [2.05, 4.69) is 51.3 Å². The van der Waals surface area contributed by atoms with Gasteiger partial charge in [0.05, 0.1) is 28.3 Å². The third kappa shape index (κ3) is 2.30. The molecule has 2 atom stereocenters. The van der Waals surface area contributed by atoms with E-state index in [0.29, 0.717) is 12.0 Å². The van der Waals surface area contributed by atoms with E-state index in [9.17, 15) is 0 Å².